The van der Waals surface area contributed by atoms with Crippen LogP contribution in [0.3, 0.4) is 0 Å². The van der Waals surface area contributed by atoms with Crippen molar-refractivity contribution in [2.75, 3.05) is 0 Å². The molecule has 2 saturated carbocycles. The van der Waals surface area contributed by atoms with Gasteiger partial charge in [-0.05, 0) is 113 Å². The topological polar surface area (TPSA) is 92.8 Å². The van der Waals surface area contributed by atoms with Crippen LogP contribution < -0.4 is 9.50 Å². The Morgan fingerprint density at radius 1 is 1.11 bits per heavy atom. The van der Waals surface area contributed by atoms with Gasteiger partial charge < -0.3 is 9.50 Å². The summed E-state index contributed by atoms with van der Waals surface area (Å²) in [6, 6.07) is 3.70. The van der Waals surface area contributed by atoms with Crippen LogP contribution in [0.25, 0.3) is 0 Å². The van der Waals surface area contributed by atoms with Gasteiger partial charge >= 0.3 is 21.7 Å². The fraction of sp³-hybridized carbons (Fsp3) is 0.704. The molecule has 0 unspecified atom stereocenters. The van der Waals surface area contributed by atoms with Gasteiger partial charge in [-0.1, -0.05) is 13.0 Å². The van der Waals surface area contributed by atoms with Gasteiger partial charge in [0.15, 0.2) is 0 Å². The number of hydrogen-bond acceptors (Lipinski definition) is 5. The molecule has 0 spiro atoms. The maximum absolute atomic E-state index is 13.8. The number of nitrogens with one attached hydrogen (secondary N) is 1. The van der Waals surface area contributed by atoms with Crippen molar-refractivity contribution in [1.82, 2.24) is 10.2 Å². The second-order valence-corrected chi connectivity index (χ2v) is 13.4. The molecule has 3 aliphatic carbocycles. The van der Waals surface area contributed by atoms with Gasteiger partial charge in [0.1, 0.15) is 5.75 Å². The first-order valence-corrected chi connectivity index (χ1v) is 14.7. The molecule has 1 aromatic carbocycles. The van der Waals surface area contributed by atoms with Gasteiger partial charge in [0.25, 0.3) is 0 Å². The fourth-order valence-electron chi connectivity index (χ4n) is 7.26. The van der Waals surface area contributed by atoms with Crippen molar-refractivity contribution >= 4 is 22.1 Å². The SMILES string of the molecule is CC(C)NC(=O)N(C(=O)[C@H]1CC[C@H]2[C@@H]3CCc4cc(OS(=O)(=O)C(F)(F)F)ccc4[C@H]3CC[C@]12C)C(C)C. The molecule has 0 aliphatic heterocycles. The largest absolute Gasteiger partial charge is 0.534 e. The van der Waals surface area contributed by atoms with Gasteiger partial charge in [-0.25, -0.2) is 4.79 Å². The summed E-state index contributed by atoms with van der Waals surface area (Å²) < 4.78 is 65.5. The van der Waals surface area contributed by atoms with Crippen LogP contribution in [0.4, 0.5) is 18.0 Å². The number of benzene rings is 1. The maximum atomic E-state index is 13.8. The van der Waals surface area contributed by atoms with E-state index in [-0.39, 0.29) is 52.9 Å². The first-order valence-electron chi connectivity index (χ1n) is 13.3. The minimum absolute atomic E-state index is 0.0827. The number of hydrogen-bond donors (Lipinski definition) is 1. The highest BCUT2D eigenvalue weighted by molar-refractivity contribution is 7.88. The monoisotopic (exact) mass is 558 g/mol. The molecule has 7 nitrogen and oxygen atoms in total. The molecule has 1 aromatic rings. The van der Waals surface area contributed by atoms with Crippen LogP contribution in [0, 0.1) is 23.2 Å². The molecule has 2 fully saturated rings. The molecule has 0 radical (unpaired) electrons. The molecule has 3 amide bonds. The number of carbonyl (C=O) groups excluding carboxylic acids is 2. The zero-order chi connectivity index (χ0) is 28.2. The Morgan fingerprint density at radius 3 is 2.39 bits per heavy atom. The third-order valence-electron chi connectivity index (χ3n) is 8.87. The number of urea groups is 1. The van der Waals surface area contributed by atoms with Gasteiger partial charge in [0, 0.05) is 18.0 Å². The predicted octanol–water partition coefficient (Wildman–Crippen LogP) is 5.74. The minimum atomic E-state index is -5.73. The Morgan fingerprint density at radius 2 is 1.79 bits per heavy atom. The highest BCUT2D eigenvalue weighted by atomic mass is 32.2. The number of fused-ring (bicyclic) bond motifs is 5. The number of amides is 3. The average Bonchev–Trinajstić information content (AvgIpc) is 3.14. The molecule has 0 heterocycles. The second kappa shape index (κ2) is 10.0. The van der Waals surface area contributed by atoms with Crippen LogP contribution in [0.15, 0.2) is 18.2 Å². The first-order chi connectivity index (χ1) is 17.6. The number of rotatable bonds is 5. The van der Waals surface area contributed by atoms with E-state index >= 15 is 0 Å². The summed E-state index contributed by atoms with van der Waals surface area (Å²) in [6.07, 6.45) is 4.61. The predicted molar refractivity (Wildman–Crippen MR) is 136 cm³/mol. The van der Waals surface area contributed by atoms with Crippen molar-refractivity contribution in [2.24, 2.45) is 23.2 Å². The average molecular weight is 559 g/mol. The van der Waals surface area contributed by atoms with Crippen molar-refractivity contribution in [3.63, 3.8) is 0 Å². The number of alkyl halides is 3. The van der Waals surface area contributed by atoms with E-state index in [4.69, 9.17) is 0 Å². The van der Waals surface area contributed by atoms with Gasteiger partial charge in [-0.15, -0.1) is 0 Å². The van der Waals surface area contributed by atoms with Crippen molar-refractivity contribution in [3.8, 4) is 5.75 Å². The molecular weight excluding hydrogens is 521 g/mol. The quantitative estimate of drug-likeness (QED) is 0.367. The Bertz CT molecular complexity index is 1200. The lowest BCUT2D eigenvalue weighted by atomic mass is 9.54. The lowest BCUT2D eigenvalue weighted by Crippen LogP contribution is -2.54. The van der Waals surface area contributed by atoms with E-state index in [0.717, 1.165) is 43.2 Å². The van der Waals surface area contributed by atoms with Gasteiger partial charge in [0.05, 0.1) is 0 Å². The third-order valence-corrected chi connectivity index (χ3v) is 9.85. The van der Waals surface area contributed by atoms with Gasteiger partial charge in [-0.2, -0.15) is 21.6 Å². The van der Waals surface area contributed by atoms with E-state index in [9.17, 15) is 31.2 Å². The van der Waals surface area contributed by atoms with Crippen LogP contribution in [0.1, 0.15) is 83.8 Å². The summed E-state index contributed by atoms with van der Waals surface area (Å²) in [5, 5.41) is 2.85. The molecule has 5 atom stereocenters. The Kier molecular flexibility index (Phi) is 7.57. The van der Waals surface area contributed by atoms with E-state index in [1.54, 1.807) is 6.07 Å². The molecule has 11 heteroatoms. The fourth-order valence-corrected chi connectivity index (χ4v) is 7.72. The molecular formula is C27H37F3N2O5S. The van der Waals surface area contributed by atoms with Gasteiger partial charge in [-0.3, -0.25) is 9.69 Å². The third kappa shape index (κ3) is 5.02. The van der Waals surface area contributed by atoms with E-state index in [1.807, 2.05) is 27.7 Å². The first kappa shape index (κ1) is 28.7. The van der Waals surface area contributed by atoms with Crippen molar-refractivity contribution < 1.29 is 35.4 Å². The summed E-state index contributed by atoms with van der Waals surface area (Å²) in [7, 11) is -5.73. The summed E-state index contributed by atoms with van der Waals surface area (Å²) in [5.74, 6) is 0.0716. The highest BCUT2D eigenvalue weighted by Crippen LogP contribution is 2.63. The van der Waals surface area contributed by atoms with Crippen LogP contribution >= 0.6 is 0 Å². The van der Waals surface area contributed by atoms with Crippen LogP contribution in [0.5, 0.6) is 5.75 Å². The Labute approximate surface area is 222 Å². The summed E-state index contributed by atoms with van der Waals surface area (Å²) in [5.41, 5.74) is -3.90. The molecule has 212 valence electrons. The number of imide groups is 1. The number of halogens is 3. The lowest BCUT2D eigenvalue weighted by Gasteiger charge is -2.51. The molecule has 1 N–H and O–H groups in total. The molecule has 0 saturated heterocycles. The number of nitrogens with zero attached hydrogens (tertiary/aromatic N) is 1. The van der Waals surface area contributed by atoms with Crippen molar-refractivity contribution in [2.45, 2.75) is 96.7 Å². The number of carbonyl (C=O) groups is 2. The van der Waals surface area contributed by atoms with E-state index in [1.165, 1.54) is 17.0 Å². The molecule has 4 rings (SSSR count). The summed E-state index contributed by atoms with van der Waals surface area (Å²) in [4.78, 5) is 28.0. The molecule has 38 heavy (non-hydrogen) atoms. The Balaban J connectivity index is 1.54. The van der Waals surface area contributed by atoms with E-state index < -0.39 is 15.6 Å². The van der Waals surface area contributed by atoms with Crippen molar-refractivity contribution in [1.29, 1.82) is 0 Å². The normalized spacial score (nSPS) is 28.9. The molecule has 0 aromatic heterocycles. The maximum Gasteiger partial charge on any atom is 0.534 e. The van der Waals surface area contributed by atoms with E-state index in [2.05, 4.69) is 16.4 Å². The standard InChI is InChI=1S/C27H37F3N2O5S/c1-15(2)31-25(34)32(16(3)4)24(33)23-11-10-22-21-8-6-17-14-18(37-38(35,36)27(28,29)30)7-9-19(17)20(21)12-13-26(22,23)5/h7,9,14-16,20-23H,6,8,10-13H2,1-5H3,(H,31,34)/t20-,21-,22+,23-,26+/m1/s1. The zero-order valence-corrected chi connectivity index (χ0v) is 23.3. The van der Waals surface area contributed by atoms with Crippen LogP contribution in [-0.4, -0.2) is 42.8 Å². The molecule has 3 aliphatic rings. The smallest absolute Gasteiger partial charge is 0.376 e. The zero-order valence-electron chi connectivity index (χ0n) is 22.5. The summed E-state index contributed by atoms with van der Waals surface area (Å²) >= 11 is 0. The number of aryl methyl sites for hydroxylation is 1. The van der Waals surface area contributed by atoms with Crippen LogP contribution in [0.2, 0.25) is 0 Å². The van der Waals surface area contributed by atoms with Crippen molar-refractivity contribution in [3.05, 3.63) is 29.3 Å². The second-order valence-electron chi connectivity index (χ2n) is 11.8. The van der Waals surface area contributed by atoms with Gasteiger partial charge in [0.2, 0.25) is 5.91 Å². The van der Waals surface area contributed by atoms with Crippen LogP contribution in [-0.2, 0) is 21.3 Å². The van der Waals surface area contributed by atoms with E-state index in [0.29, 0.717) is 12.3 Å². The highest BCUT2D eigenvalue weighted by Gasteiger charge is 2.58. The minimum Gasteiger partial charge on any atom is -0.376 e. The Hall–Kier alpha value is -2.30. The molecule has 0 bridgehead atoms. The lowest BCUT2D eigenvalue weighted by molar-refractivity contribution is -0.139. The summed E-state index contributed by atoms with van der Waals surface area (Å²) in [6.45, 7) is 9.59.